The highest BCUT2D eigenvalue weighted by Gasteiger charge is 2.29. The van der Waals surface area contributed by atoms with E-state index in [2.05, 4.69) is 9.97 Å². The molecule has 1 heterocycles. The van der Waals surface area contributed by atoms with Crippen molar-refractivity contribution in [2.75, 3.05) is 5.75 Å². The second-order valence-corrected chi connectivity index (χ2v) is 4.87. The Hall–Kier alpha value is -1.43. The normalized spacial score (nSPS) is 11.7. The zero-order valence-corrected chi connectivity index (χ0v) is 10.2. The van der Waals surface area contributed by atoms with Gasteiger partial charge in [0.1, 0.15) is 0 Å². The molecule has 0 amide bonds. The smallest absolute Gasteiger partial charge is 0.348 e. The predicted molar refractivity (Wildman–Crippen MR) is 64.5 cm³/mol. The molecule has 0 aliphatic rings. The van der Waals surface area contributed by atoms with E-state index in [0.29, 0.717) is 0 Å². The fourth-order valence-corrected chi connectivity index (χ4v) is 2.33. The number of aryl methyl sites for hydroxylation is 1. The van der Waals surface area contributed by atoms with Gasteiger partial charge in [-0.25, -0.2) is 4.98 Å². The summed E-state index contributed by atoms with van der Waals surface area (Å²) in [5, 5.41) is 0. The van der Waals surface area contributed by atoms with Crippen molar-refractivity contribution in [1.82, 2.24) is 9.97 Å². The first-order valence-corrected chi connectivity index (χ1v) is 6.31. The molecular weight excluding hydrogens is 261 g/mol. The number of benzene rings is 1. The van der Waals surface area contributed by atoms with Crippen LogP contribution in [0.5, 0.6) is 0 Å². The summed E-state index contributed by atoms with van der Waals surface area (Å²) in [6.45, 7) is 0. The lowest BCUT2D eigenvalue weighted by Crippen LogP contribution is -2.03. The van der Waals surface area contributed by atoms with Crippen LogP contribution in [0, 0.1) is 0 Å². The van der Waals surface area contributed by atoms with E-state index in [1.165, 1.54) is 23.9 Å². The Morgan fingerprint density at radius 1 is 1.17 bits per heavy atom. The molecule has 1 N–H and O–H groups in total. The summed E-state index contributed by atoms with van der Waals surface area (Å²) in [7, 11) is 0. The summed E-state index contributed by atoms with van der Waals surface area (Å²) in [6, 6.07) is 5.22. The molecule has 0 aliphatic carbocycles. The number of aromatic amines is 1. The van der Waals surface area contributed by atoms with Crippen molar-refractivity contribution in [2.45, 2.75) is 17.5 Å². The van der Waals surface area contributed by atoms with Crippen molar-refractivity contribution >= 4 is 11.8 Å². The molecule has 96 valence electrons. The predicted octanol–water partition coefficient (Wildman–Crippen LogP) is 3.76. The van der Waals surface area contributed by atoms with E-state index in [1.807, 2.05) is 0 Å². The van der Waals surface area contributed by atoms with Crippen LogP contribution < -0.4 is 0 Å². The third-order valence-corrected chi connectivity index (χ3v) is 3.39. The molecule has 0 radical (unpaired) electrons. The van der Waals surface area contributed by atoms with Crippen molar-refractivity contribution in [2.24, 2.45) is 0 Å². The van der Waals surface area contributed by atoms with Crippen LogP contribution in [0.4, 0.5) is 13.2 Å². The second-order valence-electron chi connectivity index (χ2n) is 3.70. The molecule has 0 saturated carbocycles. The maximum Gasteiger partial charge on any atom is 0.416 e. The number of nitrogens with zero attached hydrogens (tertiary/aromatic N) is 1. The van der Waals surface area contributed by atoms with Gasteiger partial charge in [0.25, 0.3) is 0 Å². The van der Waals surface area contributed by atoms with Gasteiger partial charge in [0.2, 0.25) is 0 Å². The number of rotatable bonds is 4. The molecular formula is C12H11F3N2S. The van der Waals surface area contributed by atoms with Gasteiger partial charge in [0.15, 0.2) is 0 Å². The van der Waals surface area contributed by atoms with Gasteiger partial charge in [-0.3, -0.25) is 0 Å². The van der Waals surface area contributed by atoms with Crippen LogP contribution >= 0.6 is 11.8 Å². The SMILES string of the molecule is FC(F)(F)c1ccc(SCCc2cnc[nH]2)cc1. The minimum atomic E-state index is -4.26. The van der Waals surface area contributed by atoms with Crippen LogP contribution in [0.15, 0.2) is 41.7 Å². The molecule has 6 heteroatoms. The number of thioether (sulfide) groups is 1. The highest BCUT2D eigenvalue weighted by Crippen LogP contribution is 2.30. The third kappa shape index (κ3) is 3.53. The molecule has 0 aliphatic heterocycles. The molecule has 0 unspecified atom stereocenters. The first-order chi connectivity index (χ1) is 8.55. The van der Waals surface area contributed by atoms with Crippen LogP contribution in [0.1, 0.15) is 11.3 Å². The Balaban J connectivity index is 1.87. The van der Waals surface area contributed by atoms with Gasteiger partial charge in [0.05, 0.1) is 11.9 Å². The molecule has 2 rings (SSSR count). The fraction of sp³-hybridized carbons (Fsp3) is 0.250. The average molecular weight is 272 g/mol. The van der Waals surface area contributed by atoms with Gasteiger partial charge in [-0.2, -0.15) is 13.2 Å². The number of H-pyrrole nitrogens is 1. The number of hydrogen-bond donors (Lipinski definition) is 1. The lowest BCUT2D eigenvalue weighted by atomic mass is 10.2. The molecule has 0 spiro atoms. The monoisotopic (exact) mass is 272 g/mol. The van der Waals surface area contributed by atoms with E-state index >= 15 is 0 Å². The van der Waals surface area contributed by atoms with E-state index in [1.54, 1.807) is 12.5 Å². The quantitative estimate of drug-likeness (QED) is 0.858. The van der Waals surface area contributed by atoms with Gasteiger partial charge in [-0.15, -0.1) is 11.8 Å². The van der Waals surface area contributed by atoms with Crippen molar-refractivity contribution in [3.63, 3.8) is 0 Å². The number of alkyl halides is 3. The first kappa shape index (κ1) is 13.0. The second kappa shape index (κ2) is 5.48. The number of hydrogen-bond acceptors (Lipinski definition) is 2. The molecule has 1 aromatic heterocycles. The Labute approximate surface area is 107 Å². The Morgan fingerprint density at radius 3 is 2.44 bits per heavy atom. The minimum absolute atomic E-state index is 0.611. The molecule has 0 bridgehead atoms. The largest absolute Gasteiger partial charge is 0.416 e. The van der Waals surface area contributed by atoms with Crippen LogP contribution in [0.3, 0.4) is 0 Å². The van der Waals surface area contributed by atoms with Crippen molar-refractivity contribution < 1.29 is 13.2 Å². The molecule has 2 nitrogen and oxygen atoms in total. The Bertz CT molecular complexity index is 477. The third-order valence-electron chi connectivity index (χ3n) is 2.38. The van der Waals surface area contributed by atoms with Crippen LogP contribution in [-0.2, 0) is 12.6 Å². The molecule has 1 aromatic carbocycles. The highest BCUT2D eigenvalue weighted by atomic mass is 32.2. The zero-order valence-electron chi connectivity index (χ0n) is 9.37. The fourth-order valence-electron chi connectivity index (χ4n) is 1.44. The van der Waals surface area contributed by atoms with Gasteiger partial charge >= 0.3 is 6.18 Å². The van der Waals surface area contributed by atoms with E-state index in [9.17, 15) is 13.2 Å². The summed E-state index contributed by atoms with van der Waals surface area (Å²) in [4.78, 5) is 7.71. The van der Waals surface area contributed by atoms with Crippen LogP contribution in [0.25, 0.3) is 0 Å². The van der Waals surface area contributed by atoms with Gasteiger partial charge in [-0.1, -0.05) is 0 Å². The topological polar surface area (TPSA) is 28.7 Å². The van der Waals surface area contributed by atoms with Crippen LogP contribution in [0.2, 0.25) is 0 Å². The number of halogens is 3. The van der Waals surface area contributed by atoms with Crippen molar-refractivity contribution in [1.29, 1.82) is 0 Å². The van der Waals surface area contributed by atoms with Gasteiger partial charge in [0, 0.05) is 22.5 Å². The molecule has 0 saturated heterocycles. The number of nitrogens with one attached hydrogen (secondary N) is 1. The van der Waals surface area contributed by atoms with E-state index in [-0.39, 0.29) is 0 Å². The van der Waals surface area contributed by atoms with E-state index in [4.69, 9.17) is 0 Å². The number of imidazole rings is 1. The summed E-state index contributed by atoms with van der Waals surface area (Å²) < 4.78 is 37.0. The lowest BCUT2D eigenvalue weighted by Gasteiger charge is -2.07. The Kier molecular flexibility index (Phi) is 3.96. The summed E-state index contributed by atoms with van der Waals surface area (Å²) in [5.74, 6) is 0.799. The lowest BCUT2D eigenvalue weighted by molar-refractivity contribution is -0.137. The zero-order chi connectivity index (χ0) is 13.0. The van der Waals surface area contributed by atoms with E-state index in [0.717, 1.165) is 34.9 Å². The molecule has 0 atom stereocenters. The average Bonchev–Trinajstić information content (AvgIpc) is 2.82. The van der Waals surface area contributed by atoms with Gasteiger partial charge < -0.3 is 4.98 Å². The van der Waals surface area contributed by atoms with Crippen LogP contribution in [-0.4, -0.2) is 15.7 Å². The van der Waals surface area contributed by atoms with Gasteiger partial charge in [-0.05, 0) is 30.7 Å². The van der Waals surface area contributed by atoms with Crippen molar-refractivity contribution in [3.8, 4) is 0 Å². The summed E-state index contributed by atoms with van der Waals surface area (Å²) in [5.41, 5.74) is 0.412. The minimum Gasteiger partial charge on any atom is -0.348 e. The summed E-state index contributed by atoms with van der Waals surface area (Å²) >= 11 is 1.52. The van der Waals surface area contributed by atoms with E-state index < -0.39 is 11.7 Å². The standard InChI is InChI=1S/C12H11F3N2S/c13-12(14,15)9-1-3-11(4-2-9)18-6-5-10-7-16-8-17-10/h1-4,7-8H,5-6H2,(H,16,17). The first-order valence-electron chi connectivity index (χ1n) is 5.33. The van der Waals surface area contributed by atoms with Crippen molar-refractivity contribution in [3.05, 3.63) is 48.0 Å². The maximum atomic E-state index is 12.3. The maximum absolute atomic E-state index is 12.3. The summed E-state index contributed by atoms with van der Waals surface area (Å²) in [6.07, 6.45) is -0.101. The molecule has 18 heavy (non-hydrogen) atoms. The number of aromatic nitrogens is 2. The highest BCUT2D eigenvalue weighted by molar-refractivity contribution is 7.99. The Morgan fingerprint density at radius 2 is 1.89 bits per heavy atom. The molecule has 2 aromatic rings. The molecule has 0 fully saturated rings.